The lowest BCUT2D eigenvalue weighted by atomic mass is 10.1. The van der Waals surface area contributed by atoms with Gasteiger partial charge in [-0.2, -0.15) is 0 Å². The molecule has 1 aromatic rings. The predicted octanol–water partition coefficient (Wildman–Crippen LogP) is 1.29. The molecule has 22 heavy (non-hydrogen) atoms. The summed E-state index contributed by atoms with van der Waals surface area (Å²) >= 11 is 0. The van der Waals surface area contributed by atoms with Gasteiger partial charge in [0.2, 0.25) is 0 Å². The summed E-state index contributed by atoms with van der Waals surface area (Å²) in [6.45, 7) is 4.31. The molecule has 0 spiro atoms. The van der Waals surface area contributed by atoms with Crippen molar-refractivity contribution in [1.29, 1.82) is 0 Å². The quantitative estimate of drug-likeness (QED) is 0.742. The molecule has 0 N–H and O–H groups in total. The maximum Gasteiger partial charge on any atom is 0.259 e. The van der Waals surface area contributed by atoms with Gasteiger partial charge in [-0.1, -0.05) is 24.3 Å². The van der Waals surface area contributed by atoms with Crippen LogP contribution in [0.5, 0.6) is 0 Å². The molecule has 1 aliphatic rings. The van der Waals surface area contributed by atoms with Crippen LogP contribution in [-0.4, -0.2) is 67.7 Å². The Bertz CT molecular complexity index is 490. The standard InChI is InChI=1S/C16H24FN3O2/c1-18(22-2)16(21)13-20-8-6-19(7-9-20)12-15-5-3-4-14(10-15)11-17/h3-5,10H,6-9,11-13H2,1-2H3. The molecule has 0 aromatic heterocycles. The van der Waals surface area contributed by atoms with Gasteiger partial charge in [0.05, 0.1) is 13.7 Å². The van der Waals surface area contributed by atoms with E-state index >= 15 is 0 Å². The van der Waals surface area contributed by atoms with Gasteiger partial charge in [-0.05, 0) is 11.1 Å². The van der Waals surface area contributed by atoms with Gasteiger partial charge in [-0.15, -0.1) is 0 Å². The number of piperazine rings is 1. The third-order valence-electron chi connectivity index (χ3n) is 4.00. The Hall–Kier alpha value is -1.50. The van der Waals surface area contributed by atoms with Gasteiger partial charge >= 0.3 is 0 Å². The lowest BCUT2D eigenvalue weighted by molar-refractivity contribution is -0.170. The Balaban J connectivity index is 1.78. The molecule has 0 bridgehead atoms. The van der Waals surface area contributed by atoms with E-state index < -0.39 is 6.67 Å². The van der Waals surface area contributed by atoms with E-state index in [0.29, 0.717) is 6.54 Å². The van der Waals surface area contributed by atoms with Crippen molar-refractivity contribution in [3.05, 3.63) is 35.4 Å². The Morgan fingerprint density at radius 2 is 1.86 bits per heavy atom. The van der Waals surface area contributed by atoms with E-state index in [0.717, 1.165) is 43.9 Å². The highest BCUT2D eigenvalue weighted by molar-refractivity contribution is 5.76. The van der Waals surface area contributed by atoms with Crippen molar-refractivity contribution in [2.45, 2.75) is 13.2 Å². The number of carbonyl (C=O) groups excluding carboxylic acids is 1. The first-order valence-electron chi connectivity index (χ1n) is 7.51. The van der Waals surface area contributed by atoms with E-state index in [1.165, 1.54) is 12.2 Å². The summed E-state index contributed by atoms with van der Waals surface area (Å²) in [5, 5.41) is 1.26. The fourth-order valence-electron chi connectivity index (χ4n) is 2.57. The number of hydrogen-bond acceptors (Lipinski definition) is 4. The van der Waals surface area contributed by atoms with E-state index in [2.05, 4.69) is 9.80 Å². The Morgan fingerprint density at radius 3 is 2.50 bits per heavy atom. The average Bonchev–Trinajstić information content (AvgIpc) is 2.56. The minimum Gasteiger partial charge on any atom is -0.297 e. The maximum atomic E-state index is 12.7. The first-order valence-corrected chi connectivity index (χ1v) is 7.51. The molecule has 5 nitrogen and oxygen atoms in total. The summed E-state index contributed by atoms with van der Waals surface area (Å²) in [6, 6.07) is 7.66. The number of likely N-dealkylation sites (N-methyl/N-ethyl adjacent to an activating group) is 1. The highest BCUT2D eigenvalue weighted by atomic mass is 19.1. The number of hydroxylamine groups is 2. The van der Waals surface area contributed by atoms with Gasteiger partial charge in [0, 0.05) is 39.8 Å². The zero-order chi connectivity index (χ0) is 15.9. The molecule has 1 saturated heterocycles. The van der Waals surface area contributed by atoms with Crippen LogP contribution in [0.3, 0.4) is 0 Å². The van der Waals surface area contributed by atoms with Gasteiger partial charge in [0.15, 0.2) is 0 Å². The van der Waals surface area contributed by atoms with Crippen molar-refractivity contribution in [2.24, 2.45) is 0 Å². The molecule has 0 atom stereocenters. The highest BCUT2D eigenvalue weighted by Gasteiger charge is 2.20. The maximum absolute atomic E-state index is 12.7. The molecular formula is C16H24FN3O2. The number of carbonyl (C=O) groups is 1. The summed E-state index contributed by atoms with van der Waals surface area (Å²) < 4.78 is 12.7. The van der Waals surface area contributed by atoms with Crippen LogP contribution < -0.4 is 0 Å². The van der Waals surface area contributed by atoms with Crippen LogP contribution in [0, 0.1) is 0 Å². The lowest BCUT2D eigenvalue weighted by Crippen LogP contribution is -2.49. The molecule has 6 heteroatoms. The normalized spacial score (nSPS) is 16.7. The fraction of sp³-hybridized carbons (Fsp3) is 0.562. The molecule has 0 unspecified atom stereocenters. The molecule has 0 saturated carbocycles. The minimum atomic E-state index is -0.420. The second-order valence-electron chi connectivity index (χ2n) is 5.58. The van der Waals surface area contributed by atoms with Crippen LogP contribution in [0.15, 0.2) is 24.3 Å². The number of alkyl halides is 1. The number of amides is 1. The van der Waals surface area contributed by atoms with Crippen LogP contribution in [-0.2, 0) is 22.9 Å². The highest BCUT2D eigenvalue weighted by Crippen LogP contribution is 2.11. The molecule has 0 aliphatic carbocycles. The third-order valence-corrected chi connectivity index (χ3v) is 4.00. The van der Waals surface area contributed by atoms with Gasteiger partial charge in [-0.3, -0.25) is 19.4 Å². The summed E-state index contributed by atoms with van der Waals surface area (Å²) in [6.07, 6.45) is 0. The second kappa shape index (κ2) is 8.22. The van der Waals surface area contributed by atoms with E-state index in [9.17, 15) is 9.18 Å². The van der Waals surface area contributed by atoms with Crippen molar-refractivity contribution in [1.82, 2.24) is 14.9 Å². The first-order chi connectivity index (χ1) is 10.6. The molecule has 1 fully saturated rings. The van der Waals surface area contributed by atoms with E-state index in [-0.39, 0.29) is 5.91 Å². The summed E-state index contributed by atoms with van der Waals surface area (Å²) in [5.41, 5.74) is 1.86. The summed E-state index contributed by atoms with van der Waals surface area (Å²) in [5.74, 6) is -0.0356. The van der Waals surface area contributed by atoms with Crippen LogP contribution in [0.2, 0.25) is 0 Å². The van der Waals surface area contributed by atoms with Crippen LogP contribution in [0.1, 0.15) is 11.1 Å². The van der Waals surface area contributed by atoms with Gasteiger partial charge < -0.3 is 0 Å². The molecule has 2 rings (SSSR count). The SMILES string of the molecule is CON(C)C(=O)CN1CCN(Cc2cccc(CF)c2)CC1. The topological polar surface area (TPSA) is 36.0 Å². The largest absolute Gasteiger partial charge is 0.297 e. The zero-order valence-corrected chi connectivity index (χ0v) is 13.3. The number of halogens is 1. The van der Waals surface area contributed by atoms with Gasteiger partial charge in [0.1, 0.15) is 6.67 Å². The number of benzene rings is 1. The van der Waals surface area contributed by atoms with Crippen molar-refractivity contribution in [2.75, 3.05) is 46.9 Å². The number of hydrogen-bond donors (Lipinski definition) is 0. The van der Waals surface area contributed by atoms with Gasteiger partial charge in [0.25, 0.3) is 5.91 Å². The third kappa shape index (κ3) is 4.76. The smallest absolute Gasteiger partial charge is 0.259 e. The van der Waals surface area contributed by atoms with Crippen molar-refractivity contribution < 1.29 is 14.0 Å². The second-order valence-corrected chi connectivity index (χ2v) is 5.58. The molecule has 1 aromatic carbocycles. The Labute approximate surface area is 131 Å². The number of nitrogens with zero attached hydrogens (tertiary/aromatic N) is 3. The van der Waals surface area contributed by atoms with Crippen molar-refractivity contribution in [3.8, 4) is 0 Å². The van der Waals surface area contributed by atoms with Crippen molar-refractivity contribution >= 4 is 5.91 Å². The number of rotatable bonds is 6. The monoisotopic (exact) mass is 309 g/mol. The molecular weight excluding hydrogens is 285 g/mol. The van der Waals surface area contributed by atoms with Gasteiger partial charge in [-0.25, -0.2) is 9.45 Å². The van der Waals surface area contributed by atoms with Crippen LogP contribution >= 0.6 is 0 Å². The molecule has 1 amide bonds. The predicted molar refractivity (Wildman–Crippen MR) is 82.8 cm³/mol. The molecule has 1 heterocycles. The molecule has 0 radical (unpaired) electrons. The first kappa shape index (κ1) is 16.9. The van der Waals surface area contributed by atoms with E-state index in [1.54, 1.807) is 13.1 Å². The van der Waals surface area contributed by atoms with E-state index in [4.69, 9.17) is 4.84 Å². The summed E-state index contributed by atoms with van der Waals surface area (Å²) in [7, 11) is 3.11. The minimum absolute atomic E-state index is 0.0356. The van der Waals surface area contributed by atoms with E-state index in [1.807, 2.05) is 18.2 Å². The van der Waals surface area contributed by atoms with Crippen molar-refractivity contribution in [3.63, 3.8) is 0 Å². The fourth-order valence-corrected chi connectivity index (χ4v) is 2.57. The lowest BCUT2D eigenvalue weighted by Gasteiger charge is -2.34. The average molecular weight is 309 g/mol. The zero-order valence-electron chi connectivity index (χ0n) is 13.3. The van der Waals surface area contributed by atoms with Crippen LogP contribution in [0.25, 0.3) is 0 Å². The summed E-state index contributed by atoms with van der Waals surface area (Å²) in [4.78, 5) is 21.2. The van der Waals surface area contributed by atoms with Crippen LogP contribution in [0.4, 0.5) is 4.39 Å². The Morgan fingerprint density at radius 1 is 1.23 bits per heavy atom. The Kier molecular flexibility index (Phi) is 6.30. The molecule has 122 valence electrons. The molecule has 1 aliphatic heterocycles.